The van der Waals surface area contributed by atoms with Gasteiger partial charge in [-0.05, 0) is 48.4 Å². The summed E-state index contributed by atoms with van der Waals surface area (Å²) in [7, 11) is 0. The van der Waals surface area contributed by atoms with Crippen molar-refractivity contribution in [1.82, 2.24) is 0 Å². The van der Waals surface area contributed by atoms with Gasteiger partial charge in [-0.25, -0.2) is 0 Å². The van der Waals surface area contributed by atoms with Crippen molar-refractivity contribution in [2.45, 2.75) is 32.1 Å². The first-order valence-corrected chi connectivity index (χ1v) is 6.40. The first kappa shape index (κ1) is 11.6. The molecule has 0 fully saturated rings. The molecule has 0 amide bonds. The highest BCUT2D eigenvalue weighted by atomic mass is 79.9. The molecule has 0 saturated carbocycles. The fourth-order valence-electron chi connectivity index (χ4n) is 2.50. The van der Waals surface area contributed by atoms with E-state index in [2.05, 4.69) is 28.1 Å². The smallest absolute Gasteiger partial charge is 0.306 e. The predicted molar refractivity (Wildman–Crippen MR) is 66.6 cm³/mol. The van der Waals surface area contributed by atoms with Crippen LogP contribution in [0.2, 0.25) is 0 Å². The molecule has 0 bridgehead atoms. The van der Waals surface area contributed by atoms with Crippen molar-refractivity contribution in [3.8, 4) is 0 Å². The van der Waals surface area contributed by atoms with Gasteiger partial charge in [-0.1, -0.05) is 28.9 Å². The Morgan fingerprint density at radius 3 is 3.00 bits per heavy atom. The molecule has 1 aromatic rings. The van der Waals surface area contributed by atoms with E-state index in [1.807, 2.05) is 13.0 Å². The molecule has 0 heterocycles. The van der Waals surface area contributed by atoms with E-state index >= 15 is 0 Å². The lowest BCUT2D eigenvalue weighted by atomic mass is 9.76. The Morgan fingerprint density at radius 2 is 2.31 bits per heavy atom. The molecule has 86 valence electrons. The fourth-order valence-corrected chi connectivity index (χ4v) is 2.88. The quantitative estimate of drug-likeness (QED) is 0.900. The van der Waals surface area contributed by atoms with E-state index in [9.17, 15) is 4.79 Å². The molecule has 3 heteroatoms. The van der Waals surface area contributed by atoms with Crippen LogP contribution in [-0.4, -0.2) is 11.1 Å². The van der Waals surface area contributed by atoms with E-state index in [0.29, 0.717) is 0 Å². The Bertz CT molecular complexity index is 414. The fraction of sp³-hybridized carbons (Fsp3) is 0.462. The highest BCUT2D eigenvalue weighted by Gasteiger charge is 2.29. The van der Waals surface area contributed by atoms with Crippen molar-refractivity contribution in [2.24, 2.45) is 5.92 Å². The van der Waals surface area contributed by atoms with Gasteiger partial charge in [0.05, 0.1) is 5.92 Å². The van der Waals surface area contributed by atoms with Crippen LogP contribution >= 0.6 is 15.9 Å². The van der Waals surface area contributed by atoms with E-state index in [0.717, 1.165) is 23.7 Å². The maximum atomic E-state index is 11.1. The van der Waals surface area contributed by atoms with Gasteiger partial charge in [-0.2, -0.15) is 0 Å². The first-order valence-electron chi connectivity index (χ1n) is 5.60. The standard InChI is InChI=1S/C13H15BrO2/c1-8(13(15)16)11-4-2-3-9-5-6-10(14)7-12(9)11/h5-8,11H,2-4H2,1H3,(H,15,16). The van der Waals surface area contributed by atoms with E-state index in [1.54, 1.807) is 0 Å². The topological polar surface area (TPSA) is 37.3 Å². The molecule has 0 aromatic heterocycles. The van der Waals surface area contributed by atoms with Crippen LogP contribution in [0.4, 0.5) is 0 Å². The van der Waals surface area contributed by atoms with Gasteiger partial charge in [0.1, 0.15) is 0 Å². The molecule has 16 heavy (non-hydrogen) atoms. The number of carbonyl (C=O) groups is 1. The van der Waals surface area contributed by atoms with E-state index in [4.69, 9.17) is 5.11 Å². The Labute approximate surface area is 104 Å². The van der Waals surface area contributed by atoms with Gasteiger partial charge in [-0.15, -0.1) is 0 Å². The lowest BCUT2D eigenvalue weighted by molar-refractivity contribution is -0.142. The van der Waals surface area contributed by atoms with E-state index in [-0.39, 0.29) is 11.8 Å². The zero-order valence-electron chi connectivity index (χ0n) is 9.24. The SMILES string of the molecule is CC(C(=O)O)C1CCCc2ccc(Br)cc21. The van der Waals surface area contributed by atoms with Crippen molar-refractivity contribution in [2.75, 3.05) is 0 Å². The molecule has 2 rings (SSSR count). The van der Waals surface area contributed by atoms with Crippen molar-refractivity contribution in [1.29, 1.82) is 0 Å². The largest absolute Gasteiger partial charge is 0.481 e. The van der Waals surface area contributed by atoms with Crippen molar-refractivity contribution in [3.05, 3.63) is 33.8 Å². The lowest BCUT2D eigenvalue weighted by Crippen LogP contribution is -2.22. The van der Waals surface area contributed by atoms with Crippen LogP contribution in [0, 0.1) is 5.92 Å². The normalized spacial score (nSPS) is 21.2. The molecule has 1 aliphatic carbocycles. The molecule has 1 aliphatic rings. The minimum Gasteiger partial charge on any atom is -0.481 e. The number of halogens is 1. The van der Waals surface area contributed by atoms with Gasteiger partial charge in [0.25, 0.3) is 0 Å². The third-order valence-corrected chi connectivity index (χ3v) is 3.95. The number of hydrogen-bond donors (Lipinski definition) is 1. The third-order valence-electron chi connectivity index (χ3n) is 3.46. The van der Waals surface area contributed by atoms with Gasteiger partial charge >= 0.3 is 5.97 Å². The number of carboxylic acids is 1. The molecule has 0 saturated heterocycles. The summed E-state index contributed by atoms with van der Waals surface area (Å²) in [5.74, 6) is -0.829. The Morgan fingerprint density at radius 1 is 1.56 bits per heavy atom. The van der Waals surface area contributed by atoms with Crippen LogP contribution in [0.15, 0.2) is 22.7 Å². The highest BCUT2D eigenvalue weighted by molar-refractivity contribution is 9.10. The zero-order chi connectivity index (χ0) is 11.7. The van der Waals surface area contributed by atoms with Gasteiger partial charge in [0.15, 0.2) is 0 Å². The average molecular weight is 283 g/mol. The predicted octanol–water partition coefficient (Wildman–Crippen LogP) is 3.59. The van der Waals surface area contributed by atoms with Crippen LogP contribution in [0.5, 0.6) is 0 Å². The zero-order valence-corrected chi connectivity index (χ0v) is 10.8. The highest BCUT2D eigenvalue weighted by Crippen LogP contribution is 2.38. The number of aryl methyl sites for hydroxylation is 1. The van der Waals surface area contributed by atoms with E-state index in [1.165, 1.54) is 11.1 Å². The first-order chi connectivity index (χ1) is 7.59. The van der Waals surface area contributed by atoms with E-state index < -0.39 is 5.97 Å². The molecule has 0 radical (unpaired) electrons. The third kappa shape index (κ3) is 2.14. The molecule has 1 N–H and O–H groups in total. The van der Waals surface area contributed by atoms with Gasteiger partial charge in [0.2, 0.25) is 0 Å². The van der Waals surface area contributed by atoms with Gasteiger partial charge in [-0.3, -0.25) is 4.79 Å². The second kappa shape index (κ2) is 4.58. The molecule has 2 atom stereocenters. The minimum absolute atomic E-state index is 0.166. The summed E-state index contributed by atoms with van der Waals surface area (Å²) in [6, 6.07) is 6.23. The number of benzene rings is 1. The van der Waals surface area contributed by atoms with Crippen LogP contribution in [0.3, 0.4) is 0 Å². The van der Waals surface area contributed by atoms with Crippen LogP contribution in [0.1, 0.15) is 36.8 Å². The Balaban J connectivity index is 2.38. The Kier molecular flexibility index (Phi) is 3.33. The summed E-state index contributed by atoms with van der Waals surface area (Å²) in [6.45, 7) is 1.81. The van der Waals surface area contributed by atoms with Crippen LogP contribution < -0.4 is 0 Å². The van der Waals surface area contributed by atoms with Gasteiger partial charge < -0.3 is 5.11 Å². The number of carboxylic acid groups (broad SMARTS) is 1. The summed E-state index contributed by atoms with van der Waals surface area (Å²) >= 11 is 3.46. The monoisotopic (exact) mass is 282 g/mol. The maximum Gasteiger partial charge on any atom is 0.306 e. The molecular formula is C13H15BrO2. The maximum absolute atomic E-state index is 11.1. The summed E-state index contributed by atoms with van der Waals surface area (Å²) < 4.78 is 1.04. The molecule has 1 aromatic carbocycles. The van der Waals surface area contributed by atoms with Crippen molar-refractivity contribution < 1.29 is 9.90 Å². The molecular weight excluding hydrogens is 268 g/mol. The average Bonchev–Trinajstić information content (AvgIpc) is 2.27. The number of aliphatic carboxylic acids is 1. The second-order valence-corrected chi connectivity index (χ2v) is 5.38. The molecule has 0 aliphatic heterocycles. The Hall–Kier alpha value is -0.830. The summed E-state index contributed by atoms with van der Waals surface area (Å²) in [5.41, 5.74) is 2.53. The molecule has 2 unspecified atom stereocenters. The molecule has 0 spiro atoms. The van der Waals surface area contributed by atoms with Crippen molar-refractivity contribution in [3.63, 3.8) is 0 Å². The number of fused-ring (bicyclic) bond motifs is 1. The summed E-state index contributed by atoms with van der Waals surface area (Å²) in [6.07, 6.45) is 3.15. The van der Waals surface area contributed by atoms with Gasteiger partial charge in [0, 0.05) is 4.47 Å². The van der Waals surface area contributed by atoms with Crippen molar-refractivity contribution >= 4 is 21.9 Å². The minimum atomic E-state index is -0.696. The number of hydrogen-bond acceptors (Lipinski definition) is 1. The second-order valence-electron chi connectivity index (χ2n) is 4.47. The van der Waals surface area contributed by atoms with Crippen LogP contribution in [0.25, 0.3) is 0 Å². The number of rotatable bonds is 2. The summed E-state index contributed by atoms with van der Waals surface area (Å²) in [4.78, 5) is 11.1. The lowest BCUT2D eigenvalue weighted by Gasteiger charge is -2.28. The molecule has 2 nitrogen and oxygen atoms in total. The summed E-state index contributed by atoms with van der Waals surface area (Å²) in [5, 5.41) is 9.12. The van der Waals surface area contributed by atoms with Crippen LogP contribution in [-0.2, 0) is 11.2 Å².